The van der Waals surface area contributed by atoms with Crippen LogP contribution in [0.4, 0.5) is 0 Å². The molecular weight excluding hydrogens is 573 g/mol. The molecule has 246 valence electrons. The Balaban J connectivity index is 1.47. The van der Waals surface area contributed by atoms with Gasteiger partial charge in [0.15, 0.2) is 5.79 Å². The van der Waals surface area contributed by atoms with Crippen LogP contribution >= 0.6 is 0 Å². The monoisotopic (exact) mass is 630 g/mol. The molecule has 0 bridgehead atoms. The van der Waals surface area contributed by atoms with Crippen LogP contribution in [0.2, 0.25) is 5.04 Å². The molecular formula is C40H58O4Si. The van der Waals surface area contributed by atoms with Crippen molar-refractivity contribution < 1.29 is 18.6 Å². The first kappa shape index (κ1) is 35.6. The maximum atomic E-state index is 7.37. The van der Waals surface area contributed by atoms with Crippen molar-refractivity contribution in [2.45, 2.75) is 105 Å². The summed E-state index contributed by atoms with van der Waals surface area (Å²) in [5, 5.41) is 2.63. The van der Waals surface area contributed by atoms with E-state index in [2.05, 4.69) is 147 Å². The van der Waals surface area contributed by atoms with Gasteiger partial charge in [-0.3, -0.25) is 0 Å². The van der Waals surface area contributed by atoms with E-state index in [9.17, 15) is 0 Å². The van der Waals surface area contributed by atoms with E-state index in [1.165, 1.54) is 15.9 Å². The van der Waals surface area contributed by atoms with Gasteiger partial charge in [-0.2, -0.15) is 0 Å². The second-order valence-electron chi connectivity index (χ2n) is 14.9. The van der Waals surface area contributed by atoms with Gasteiger partial charge in [0.05, 0.1) is 25.4 Å². The molecule has 0 amide bonds. The summed E-state index contributed by atoms with van der Waals surface area (Å²) in [4.78, 5) is 0. The summed E-state index contributed by atoms with van der Waals surface area (Å²) in [6.07, 6.45) is 2.27. The molecule has 6 atom stereocenters. The standard InChI is InChI=1S/C40H58O4Si/c1-10-33(29-42-45(39(5,6)7,35-22-16-12-17-23-35)36-24-18-13-19-25-36)26-30(2)37-32(4)38(44-40(8,9)43-37)31(3)27-41-28-34-20-14-11-15-21-34/h11-25,30-33,37-38H,10,26-29H2,1-9H3/t30-,31-,32+,33-,37-,38-/m0/s1. The molecule has 1 fully saturated rings. The number of hydrogen-bond acceptors (Lipinski definition) is 4. The van der Waals surface area contributed by atoms with Gasteiger partial charge in [-0.05, 0) is 53.1 Å². The van der Waals surface area contributed by atoms with Gasteiger partial charge in [0.1, 0.15) is 0 Å². The van der Waals surface area contributed by atoms with Crippen LogP contribution in [-0.2, 0) is 25.2 Å². The fourth-order valence-corrected chi connectivity index (χ4v) is 12.0. The third-order valence-corrected chi connectivity index (χ3v) is 14.7. The lowest BCUT2D eigenvalue weighted by molar-refractivity contribution is -0.336. The number of ether oxygens (including phenoxy) is 3. The lowest BCUT2D eigenvalue weighted by Crippen LogP contribution is -2.67. The van der Waals surface area contributed by atoms with Crippen LogP contribution in [0, 0.1) is 23.7 Å². The molecule has 0 saturated carbocycles. The van der Waals surface area contributed by atoms with Crippen molar-refractivity contribution in [2.24, 2.45) is 23.7 Å². The van der Waals surface area contributed by atoms with Gasteiger partial charge >= 0.3 is 0 Å². The van der Waals surface area contributed by atoms with Gasteiger partial charge in [0, 0.05) is 18.4 Å². The van der Waals surface area contributed by atoms with E-state index in [0.717, 1.165) is 19.4 Å². The van der Waals surface area contributed by atoms with Gasteiger partial charge in [-0.15, -0.1) is 0 Å². The van der Waals surface area contributed by atoms with E-state index in [0.29, 0.717) is 25.0 Å². The summed E-state index contributed by atoms with van der Waals surface area (Å²) < 4.78 is 26.8. The van der Waals surface area contributed by atoms with E-state index in [1.807, 2.05) is 6.07 Å². The Morgan fingerprint density at radius 3 is 1.73 bits per heavy atom. The molecule has 0 N–H and O–H groups in total. The first-order valence-corrected chi connectivity index (χ1v) is 19.0. The van der Waals surface area contributed by atoms with E-state index in [-0.39, 0.29) is 29.1 Å². The first-order valence-electron chi connectivity index (χ1n) is 17.1. The van der Waals surface area contributed by atoms with Crippen molar-refractivity contribution in [3.05, 3.63) is 96.6 Å². The van der Waals surface area contributed by atoms with Gasteiger partial charge < -0.3 is 18.6 Å². The van der Waals surface area contributed by atoms with Crippen molar-refractivity contribution in [1.82, 2.24) is 0 Å². The maximum absolute atomic E-state index is 7.37. The molecule has 1 aliphatic rings. The van der Waals surface area contributed by atoms with Gasteiger partial charge in [-0.1, -0.05) is 146 Å². The van der Waals surface area contributed by atoms with E-state index >= 15 is 0 Å². The molecule has 0 aromatic heterocycles. The Bertz CT molecular complexity index is 1230. The molecule has 1 saturated heterocycles. The second kappa shape index (κ2) is 15.5. The zero-order chi connectivity index (χ0) is 32.7. The lowest BCUT2D eigenvalue weighted by Gasteiger charge is -2.49. The lowest BCUT2D eigenvalue weighted by atomic mass is 9.79. The molecule has 1 aliphatic heterocycles. The Morgan fingerprint density at radius 2 is 1.24 bits per heavy atom. The minimum Gasteiger partial charge on any atom is -0.407 e. The normalized spacial score (nSPS) is 22.5. The third-order valence-electron chi connectivity index (χ3n) is 9.73. The number of rotatable bonds is 14. The van der Waals surface area contributed by atoms with Crippen LogP contribution in [0.15, 0.2) is 91.0 Å². The topological polar surface area (TPSA) is 36.9 Å². The van der Waals surface area contributed by atoms with Crippen molar-refractivity contribution in [3.63, 3.8) is 0 Å². The maximum Gasteiger partial charge on any atom is 0.261 e. The molecule has 0 unspecified atom stereocenters. The molecule has 0 spiro atoms. The van der Waals surface area contributed by atoms with Crippen LogP contribution < -0.4 is 10.4 Å². The van der Waals surface area contributed by atoms with Crippen molar-refractivity contribution in [3.8, 4) is 0 Å². The average Bonchev–Trinajstić information content (AvgIpc) is 3.02. The summed E-state index contributed by atoms with van der Waals surface area (Å²) >= 11 is 0. The number of hydrogen-bond donors (Lipinski definition) is 0. The zero-order valence-corrected chi connectivity index (χ0v) is 30.3. The summed E-state index contributed by atoms with van der Waals surface area (Å²) in [5.41, 5.74) is 1.20. The van der Waals surface area contributed by atoms with E-state index in [1.54, 1.807) is 0 Å². The highest BCUT2D eigenvalue weighted by Gasteiger charge is 2.50. The van der Waals surface area contributed by atoms with Crippen LogP contribution in [0.5, 0.6) is 0 Å². The van der Waals surface area contributed by atoms with Gasteiger partial charge in [0.25, 0.3) is 8.32 Å². The summed E-state index contributed by atoms with van der Waals surface area (Å²) in [5.74, 6) is 0.640. The minimum atomic E-state index is -2.58. The molecule has 5 heteroatoms. The molecule has 0 radical (unpaired) electrons. The Labute approximate surface area is 275 Å². The largest absolute Gasteiger partial charge is 0.407 e. The Kier molecular flexibility index (Phi) is 12.3. The summed E-state index contributed by atoms with van der Waals surface area (Å²) in [6.45, 7) is 22.4. The third kappa shape index (κ3) is 8.75. The Morgan fingerprint density at radius 1 is 0.756 bits per heavy atom. The Hall–Kier alpha value is -2.28. The van der Waals surface area contributed by atoms with Crippen molar-refractivity contribution in [1.29, 1.82) is 0 Å². The SMILES string of the molecule is CC[C@H](CO[Si](c1ccccc1)(c1ccccc1)C(C)(C)C)C[C@H](C)[C@@H]1OC(C)(C)O[C@@H]([C@@H](C)COCc2ccccc2)[C@@H]1C. The van der Waals surface area contributed by atoms with Crippen LogP contribution in [0.25, 0.3) is 0 Å². The van der Waals surface area contributed by atoms with E-state index < -0.39 is 14.1 Å². The minimum absolute atomic E-state index is 0.0338. The highest BCUT2D eigenvalue weighted by molar-refractivity contribution is 6.99. The molecule has 0 aliphatic carbocycles. The first-order chi connectivity index (χ1) is 21.4. The quantitative estimate of drug-likeness (QED) is 0.167. The van der Waals surface area contributed by atoms with Crippen LogP contribution in [-0.4, -0.2) is 39.5 Å². The second-order valence-corrected chi connectivity index (χ2v) is 19.2. The average molecular weight is 631 g/mol. The van der Waals surface area contributed by atoms with E-state index in [4.69, 9.17) is 18.6 Å². The molecule has 4 rings (SSSR count). The predicted octanol–water partition coefficient (Wildman–Crippen LogP) is 8.62. The highest BCUT2D eigenvalue weighted by Crippen LogP contribution is 2.41. The van der Waals surface area contributed by atoms with Crippen LogP contribution in [0.3, 0.4) is 0 Å². The van der Waals surface area contributed by atoms with Gasteiger partial charge in [0.2, 0.25) is 0 Å². The van der Waals surface area contributed by atoms with Crippen molar-refractivity contribution in [2.75, 3.05) is 13.2 Å². The fraction of sp³-hybridized carbons (Fsp3) is 0.550. The summed E-state index contributed by atoms with van der Waals surface area (Å²) in [7, 11) is -2.58. The predicted molar refractivity (Wildman–Crippen MR) is 189 cm³/mol. The summed E-state index contributed by atoms with van der Waals surface area (Å²) in [6, 6.07) is 32.3. The molecule has 3 aromatic rings. The molecule has 1 heterocycles. The molecule has 4 nitrogen and oxygen atoms in total. The zero-order valence-electron chi connectivity index (χ0n) is 29.3. The highest BCUT2D eigenvalue weighted by atomic mass is 28.4. The smallest absolute Gasteiger partial charge is 0.261 e. The molecule has 3 aromatic carbocycles. The molecule has 45 heavy (non-hydrogen) atoms. The van der Waals surface area contributed by atoms with Crippen molar-refractivity contribution >= 4 is 18.7 Å². The fourth-order valence-electron chi connectivity index (χ4n) is 7.40. The van der Waals surface area contributed by atoms with Gasteiger partial charge in [-0.25, -0.2) is 0 Å². The number of benzene rings is 3. The van der Waals surface area contributed by atoms with Crippen LogP contribution in [0.1, 0.15) is 80.7 Å².